The molecule has 31 heavy (non-hydrogen) atoms. The number of amides is 1. The number of carbonyl (C=O) groups is 1. The number of rotatable bonds is 7. The molecule has 3 aromatic carbocycles. The van der Waals surface area contributed by atoms with Crippen LogP contribution in [0.15, 0.2) is 71.6 Å². The Labute approximate surface area is 188 Å². The summed E-state index contributed by atoms with van der Waals surface area (Å²) >= 11 is 11.9. The van der Waals surface area contributed by atoms with E-state index in [1.54, 1.807) is 0 Å². The van der Waals surface area contributed by atoms with E-state index in [9.17, 15) is 22.0 Å². The molecule has 1 amide bonds. The topological polar surface area (TPSA) is 66.5 Å². The molecule has 162 valence electrons. The number of nitrogens with one attached hydrogen (secondary N) is 1. The minimum atomic E-state index is -4.25. The Bertz CT molecular complexity index is 1190. The van der Waals surface area contributed by atoms with Crippen molar-refractivity contribution in [2.75, 3.05) is 11.9 Å². The largest absolute Gasteiger partial charge is 0.322 e. The lowest BCUT2D eigenvalue weighted by molar-refractivity contribution is -0.116. The van der Waals surface area contributed by atoms with Crippen LogP contribution in [0.2, 0.25) is 10.0 Å². The summed E-state index contributed by atoms with van der Waals surface area (Å²) in [4.78, 5) is 12.4. The van der Waals surface area contributed by atoms with Gasteiger partial charge in [0, 0.05) is 22.2 Å². The van der Waals surface area contributed by atoms with Gasteiger partial charge in [0.1, 0.15) is 11.6 Å². The number of anilines is 1. The second kappa shape index (κ2) is 9.74. The van der Waals surface area contributed by atoms with Gasteiger partial charge in [-0.05, 0) is 48.5 Å². The number of carbonyl (C=O) groups excluding carboxylic acids is 1. The van der Waals surface area contributed by atoms with Crippen LogP contribution in [0.1, 0.15) is 5.56 Å². The Hall–Kier alpha value is -2.52. The van der Waals surface area contributed by atoms with Crippen LogP contribution >= 0.6 is 23.2 Å². The molecule has 5 nitrogen and oxygen atoms in total. The molecular weight excluding hydrogens is 469 g/mol. The molecule has 0 aliphatic rings. The predicted octanol–water partition coefficient (Wildman–Crippen LogP) is 5.10. The van der Waals surface area contributed by atoms with Gasteiger partial charge < -0.3 is 5.32 Å². The zero-order valence-corrected chi connectivity index (χ0v) is 18.2. The zero-order valence-electron chi connectivity index (χ0n) is 15.9. The van der Waals surface area contributed by atoms with Crippen LogP contribution in [0.4, 0.5) is 14.5 Å². The van der Waals surface area contributed by atoms with E-state index in [2.05, 4.69) is 5.32 Å². The Balaban J connectivity index is 1.94. The molecule has 0 saturated heterocycles. The van der Waals surface area contributed by atoms with Crippen molar-refractivity contribution >= 4 is 44.8 Å². The number of sulfonamides is 1. The molecule has 10 heteroatoms. The van der Waals surface area contributed by atoms with Crippen LogP contribution in [-0.4, -0.2) is 25.2 Å². The lowest BCUT2D eigenvalue weighted by Gasteiger charge is -2.23. The second-order valence-electron chi connectivity index (χ2n) is 6.46. The number of hydrogen-bond acceptors (Lipinski definition) is 3. The molecule has 0 bridgehead atoms. The standard InChI is InChI=1S/C21H16Cl2F2N2O3S/c22-14-8-10-15(11-9-14)31(29,30)27(12-16-17(23)4-3-6-18(16)24)13-21(28)26-20-7-2-1-5-19(20)25/h1-11H,12-13H2,(H,26,28). The first-order valence-electron chi connectivity index (χ1n) is 8.91. The van der Waals surface area contributed by atoms with Gasteiger partial charge in [-0.1, -0.05) is 41.4 Å². The van der Waals surface area contributed by atoms with E-state index in [4.69, 9.17) is 23.2 Å². The number of halogens is 4. The summed E-state index contributed by atoms with van der Waals surface area (Å²) in [5, 5.41) is 2.65. The van der Waals surface area contributed by atoms with E-state index in [1.165, 1.54) is 54.6 Å². The summed E-state index contributed by atoms with van der Waals surface area (Å²) in [6.45, 7) is -1.22. The van der Waals surface area contributed by atoms with Gasteiger partial charge >= 0.3 is 0 Å². The minimum absolute atomic E-state index is 0.00539. The van der Waals surface area contributed by atoms with E-state index in [1.807, 2.05) is 0 Å². The van der Waals surface area contributed by atoms with Gasteiger partial charge in [0.15, 0.2) is 0 Å². The Kier molecular flexibility index (Phi) is 7.27. The van der Waals surface area contributed by atoms with E-state index in [-0.39, 0.29) is 21.2 Å². The van der Waals surface area contributed by atoms with Gasteiger partial charge in [0.25, 0.3) is 0 Å². The molecule has 0 unspecified atom stereocenters. The molecular formula is C21H16Cl2F2N2O3S. The van der Waals surface area contributed by atoms with Crippen LogP contribution < -0.4 is 5.32 Å². The summed E-state index contributed by atoms with van der Waals surface area (Å²) in [6.07, 6.45) is 0. The van der Waals surface area contributed by atoms with Crippen molar-refractivity contribution in [2.45, 2.75) is 11.4 Å². The van der Waals surface area contributed by atoms with Gasteiger partial charge in [-0.15, -0.1) is 0 Å². The van der Waals surface area contributed by atoms with Crippen LogP contribution in [0.5, 0.6) is 0 Å². The van der Waals surface area contributed by atoms with E-state index in [0.717, 1.165) is 16.4 Å². The van der Waals surface area contributed by atoms with Gasteiger partial charge in [0.05, 0.1) is 17.1 Å². The summed E-state index contributed by atoms with van der Waals surface area (Å²) in [6, 6.07) is 14.7. The fourth-order valence-electron chi connectivity index (χ4n) is 2.75. The molecule has 0 spiro atoms. The first-order valence-corrected chi connectivity index (χ1v) is 11.1. The molecule has 0 fully saturated rings. The first-order chi connectivity index (χ1) is 14.7. The lowest BCUT2D eigenvalue weighted by Crippen LogP contribution is -2.38. The number of benzene rings is 3. The maximum atomic E-state index is 14.3. The van der Waals surface area contributed by atoms with E-state index in [0.29, 0.717) is 5.02 Å². The number of para-hydroxylation sites is 1. The van der Waals surface area contributed by atoms with E-state index >= 15 is 0 Å². The fourth-order valence-corrected chi connectivity index (χ4v) is 4.47. The number of nitrogens with zero attached hydrogens (tertiary/aromatic N) is 1. The van der Waals surface area contributed by atoms with Crippen molar-refractivity contribution in [1.82, 2.24) is 4.31 Å². The predicted molar refractivity (Wildman–Crippen MR) is 115 cm³/mol. The second-order valence-corrected chi connectivity index (χ2v) is 9.24. The monoisotopic (exact) mass is 484 g/mol. The lowest BCUT2D eigenvalue weighted by atomic mass is 10.2. The molecule has 0 atom stereocenters. The highest BCUT2D eigenvalue weighted by atomic mass is 35.5. The molecule has 0 radical (unpaired) electrons. The molecule has 0 aliphatic heterocycles. The summed E-state index contributed by atoms with van der Waals surface area (Å²) in [5.74, 6) is -2.21. The number of hydrogen-bond donors (Lipinski definition) is 1. The van der Waals surface area contributed by atoms with Crippen molar-refractivity contribution in [3.05, 3.63) is 94.0 Å². The zero-order chi connectivity index (χ0) is 22.6. The Morgan fingerprint density at radius 1 is 0.903 bits per heavy atom. The molecule has 1 N–H and O–H groups in total. The Morgan fingerprint density at radius 3 is 2.19 bits per heavy atom. The van der Waals surface area contributed by atoms with Crippen LogP contribution in [0.3, 0.4) is 0 Å². The SMILES string of the molecule is O=C(CN(Cc1c(F)cccc1Cl)S(=O)(=O)c1ccc(Cl)cc1)Nc1ccccc1F. The van der Waals surface area contributed by atoms with Crippen molar-refractivity contribution in [2.24, 2.45) is 0 Å². The van der Waals surface area contributed by atoms with Gasteiger partial charge in [-0.25, -0.2) is 17.2 Å². The molecule has 0 saturated carbocycles. The van der Waals surface area contributed by atoms with Crippen LogP contribution in [0, 0.1) is 11.6 Å². The van der Waals surface area contributed by atoms with Crippen LogP contribution in [-0.2, 0) is 21.4 Å². The average Bonchev–Trinajstić information content (AvgIpc) is 2.72. The quantitative estimate of drug-likeness (QED) is 0.507. The van der Waals surface area contributed by atoms with Crippen LogP contribution in [0.25, 0.3) is 0 Å². The normalized spacial score (nSPS) is 11.5. The van der Waals surface area contributed by atoms with E-state index < -0.39 is 40.7 Å². The van der Waals surface area contributed by atoms with Gasteiger partial charge in [0.2, 0.25) is 15.9 Å². The maximum Gasteiger partial charge on any atom is 0.243 e. The minimum Gasteiger partial charge on any atom is -0.322 e. The van der Waals surface area contributed by atoms with Gasteiger partial charge in [-0.2, -0.15) is 4.31 Å². The molecule has 0 aliphatic carbocycles. The molecule has 3 aromatic rings. The smallest absolute Gasteiger partial charge is 0.243 e. The molecule has 3 rings (SSSR count). The third-order valence-corrected chi connectivity index (χ3v) is 6.73. The van der Waals surface area contributed by atoms with Gasteiger partial charge in [-0.3, -0.25) is 4.79 Å². The third kappa shape index (κ3) is 5.59. The van der Waals surface area contributed by atoms with Crippen molar-refractivity contribution in [3.63, 3.8) is 0 Å². The summed E-state index contributed by atoms with van der Waals surface area (Å²) in [5.41, 5.74) is -0.208. The maximum absolute atomic E-state index is 14.3. The Morgan fingerprint density at radius 2 is 1.55 bits per heavy atom. The fraction of sp³-hybridized carbons (Fsp3) is 0.0952. The highest BCUT2D eigenvalue weighted by Gasteiger charge is 2.29. The average molecular weight is 485 g/mol. The first kappa shape index (κ1) is 23.1. The molecule has 0 heterocycles. The molecule has 0 aromatic heterocycles. The summed E-state index contributed by atoms with van der Waals surface area (Å²) in [7, 11) is -4.25. The van der Waals surface area contributed by atoms with Crippen molar-refractivity contribution in [3.8, 4) is 0 Å². The van der Waals surface area contributed by atoms with Crippen molar-refractivity contribution < 1.29 is 22.0 Å². The summed E-state index contributed by atoms with van der Waals surface area (Å²) < 4.78 is 55.3. The highest BCUT2D eigenvalue weighted by Crippen LogP contribution is 2.25. The highest BCUT2D eigenvalue weighted by molar-refractivity contribution is 7.89. The van der Waals surface area contributed by atoms with Crippen molar-refractivity contribution in [1.29, 1.82) is 0 Å². The third-order valence-electron chi connectivity index (χ3n) is 4.32.